The van der Waals surface area contributed by atoms with Crippen molar-refractivity contribution in [1.82, 2.24) is 4.98 Å². The highest BCUT2D eigenvalue weighted by Crippen LogP contribution is 2.65. The Morgan fingerprint density at radius 3 is 2.79 bits per heavy atom. The summed E-state index contributed by atoms with van der Waals surface area (Å²) in [6.07, 6.45) is 8.68. The summed E-state index contributed by atoms with van der Waals surface area (Å²) < 4.78 is 5.40. The minimum Gasteiger partial charge on any atom is -0.504 e. The Labute approximate surface area is 173 Å². The summed E-state index contributed by atoms with van der Waals surface area (Å²) in [5.41, 5.74) is 2.88. The number of hydrogen-bond donors (Lipinski definition) is 2. The van der Waals surface area contributed by atoms with Crippen molar-refractivity contribution >= 4 is 0 Å². The molecule has 2 saturated carbocycles. The molecule has 154 valence electrons. The second-order valence-electron chi connectivity index (χ2n) is 9.66. The van der Waals surface area contributed by atoms with E-state index in [1.165, 1.54) is 11.1 Å². The number of aliphatic hydroxyl groups is 1. The van der Waals surface area contributed by atoms with Crippen LogP contribution in [-0.4, -0.2) is 27.9 Å². The summed E-state index contributed by atoms with van der Waals surface area (Å²) in [6, 6.07) is 9.96. The Morgan fingerprint density at radius 2 is 2.03 bits per heavy atom. The predicted octanol–water partition coefficient (Wildman–Crippen LogP) is 4.63. The van der Waals surface area contributed by atoms with E-state index in [1.54, 1.807) is 7.11 Å². The molecule has 0 bridgehead atoms. The summed E-state index contributed by atoms with van der Waals surface area (Å²) in [5, 5.41) is 22.0. The number of rotatable bonds is 3. The van der Waals surface area contributed by atoms with Crippen molar-refractivity contribution in [3.8, 4) is 11.5 Å². The summed E-state index contributed by atoms with van der Waals surface area (Å²) >= 11 is 0. The van der Waals surface area contributed by atoms with Crippen molar-refractivity contribution < 1.29 is 14.9 Å². The van der Waals surface area contributed by atoms with Crippen LogP contribution in [0.5, 0.6) is 11.5 Å². The third-order valence-corrected chi connectivity index (χ3v) is 8.55. The predicted molar refractivity (Wildman–Crippen MR) is 112 cm³/mol. The number of phenolic OH excluding ortho intramolecular Hbond substituents is 1. The van der Waals surface area contributed by atoms with E-state index in [9.17, 15) is 10.2 Å². The molecule has 5 atom stereocenters. The van der Waals surface area contributed by atoms with Crippen LogP contribution in [0.3, 0.4) is 0 Å². The Kier molecular flexibility index (Phi) is 4.39. The van der Waals surface area contributed by atoms with E-state index in [-0.39, 0.29) is 11.2 Å². The lowest BCUT2D eigenvalue weighted by atomic mass is 9.53. The molecular weight excluding hydrogens is 362 g/mol. The smallest absolute Gasteiger partial charge is 0.160 e. The van der Waals surface area contributed by atoms with E-state index in [4.69, 9.17) is 4.74 Å². The number of aromatic nitrogens is 1. The standard InChI is InChI=1S/C25H31NO3/c1-24-10-8-18-19(7-6-16-13-22(27)23(29-2)14-20(16)18)21(24)9-11-25(24,28)15-17-5-3-4-12-26-17/h3-5,12-14,18-19,21,27-28H,6-11,15H2,1-2H3. The van der Waals surface area contributed by atoms with Gasteiger partial charge in [0.1, 0.15) is 0 Å². The van der Waals surface area contributed by atoms with Gasteiger partial charge in [-0.3, -0.25) is 4.98 Å². The maximum atomic E-state index is 11.8. The van der Waals surface area contributed by atoms with Gasteiger partial charge in [0.05, 0.1) is 12.7 Å². The van der Waals surface area contributed by atoms with E-state index in [1.807, 2.05) is 30.5 Å². The number of fused-ring (bicyclic) bond motifs is 5. The molecule has 0 saturated heterocycles. The highest BCUT2D eigenvalue weighted by Gasteiger charge is 2.61. The third-order valence-electron chi connectivity index (χ3n) is 8.55. The molecule has 0 radical (unpaired) electrons. The molecule has 29 heavy (non-hydrogen) atoms. The molecule has 4 nitrogen and oxygen atoms in total. The molecule has 0 amide bonds. The van der Waals surface area contributed by atoms with Gasteiger partial charge in [-0.15, -0.1) is 0 Å². The topological polar surface area (TPSA) is 62.6 Å². The molecule has 0 spiro atoms. The number of ether oxygens (including phenoxy) is 1. The quantitative estimate of drug-likeness (QED) is 0.798. The van der Waals surface area contributed by atoms with Crippen LogP contribution in [0.2, 0.25) is 0 Å². The number of aromatic hydroxyl groups is 1. The van der Waals surface area contributed by atoms with E-state index in [0.717, 1.165) is 44.2 Å². The lowest BCUT2D eigenvalue weighted by molar-refractivity contribution is -0.102. The van der Waals surface area contributed by atoms with Gasteiger partial charge in [-0.1, -0.05) is 13.0 Å². The highest BCUT2D eigenvalue weighted by molar-refractivity contribution is 5.49. The Balaban J connectivity index is 1.46. The van der Waals surface area contributed by atoms with E-state index >= 15 is 0 Å². The van der Waals surface area contributed by atoms with Gasteiger partial charge < -0.3 is 14.9 Å². The zero-order valence-electron chi connectivity index (χ0n) is 17.4. The largest absolute Gasteiger partial charge is 0.504 e. The SMILES string of the molecule is COc1cc2c(cc1O)CCC1C2CCC2(C)C1CCC2(O)Cc1ccccn1. The van der Waals surface area contributed by atoms with Gasteiger partial charge in [-0.2, -0.15) is 0 Å². The van der Waals surface area contributed by atoms with Crippen LogP contribution in [0.1, 0.15) is 61.8 Å². The molecule has 0 aliphatic heterocycles. The molecule has 2 aromatic rings. The average molecular weight is 394 g/mol. The molecule has 5 unspecified atom stereocenters. The molecular formula is C25H31NO3. The first-order valence-corrected chi connectivity index (χ1v) is 11.0. The van der Waals surface area contributed by atoms with Crippen LogP contribution in [0.25, 0.3) is 0 Å². The molecule has 2 fully saturated rings. The van der Waals surface area contributed by atoms with Crippen LogP contribution in [0.4, 0.5) is 0 Å². The summed E-state index contributed by atoms with van der Waals surface area (Å²) in [7, 11) is 1.62. The van der Waals surface area contributed by atoms with Gasteiger partial charge in [0, 0.05) is 18.3 Å². The number of aryl methyl sites for hydroxylation is 1. The maximum absolute atomic E-state index is 11.8. The molecule has 1 heterocycles. The third kappa shape index (κ3) is 2.79. The fraction of sp³-hybridized carbons (Fsp3) is 0.560. The van der Waals surface area contributed by atoms with E-state index in [2.05, 4.69) is 18.0 Å². The van der Waals surface area contributed by atoms with Crippen molar-refractivity contribution in [3.63, 3.8) is 0 Å². The van der Waals surface area contributed by atoms with Crippen LogP contribution in [0.15, 0.2) is 36.5 Å². The monoisotopic (exact) mass is 393 g/mol. The Hall–Kier alpha value is -2.07. The van der Waals surface area contributed by atoms with Crippen LogP contribution >= 0.6 is 0 Å². The van der Waals surface area contributed by atoms with Crippen molar-refractivity contribution in [2.24, 2.45) is 17.3 Å². The van der Waals surface area contributed by atoms with Crippen molar-refractivity contribution in [2.75, 3.05) is 7.11 Å². The van der Waals surface area contributed by atoms with E-state index in [0.29, 0.717) is 29.9 Å². The van der Waals surface area contributed by atoms with Crippen LogP contribution < -0.4 is 4.74 Å². The average Bonchev–Trinajstić information content (AvgIpc) is 2.98. The van der Waals surface area contributed by atoms with Crippen LogP contribution in [-0.2, 0) is 12.8 Å². The first kappa shape index (κ1) is 18.9. The molecule has 1 aromatic heterocycles. The molecule has 3 aliphatic rings. The molecule has 2 N–H and O–H groups in total. The molecule has 4 heteroatoms. The van der Waals surface area contributed by atoms with Crippen molar-refractivity contribution in [2.45, 2.75) is 63.4 Å². The Bertz CT molecular complexity index is 914. The van der Waals surface area contributed by atoms with Gasteiger partial charge in [0.25, 0.3) is 0 Å². The normalized spacial score (nSPS) is 35.5. The van der Waals surface area contributed by atoms with Crippen LogP contribution in [0, 0.1) is 17.3 Å². The zero-order valence-corrected chi connectivity index (χ0v) is 17.4. The van der Waals surface area contributed by atoms with Crippen molar-refractivity contribution in [3.05, 3.63) is 53.3 Å². The van der Waals surface area contributed by atoms with E-state index < -0.39 is 5.60 Å². The summed E-state index contributed by atoms with van der Waals surface area (Å²) in [6.45, 7) is 2.33. The number of phenols is 1. The minimum absolute atomic E-state index is 0.0653. The molecule has 1 aromatic carbocycles. The van der Waals surface area contributed by atoms with Gasteiger partial charge in [-0.05, 0) is 97.1 Å². The first-order chi connectivity index (χ1) is 13.9. The fourth-order valence-electron chi connectivity index (χ4n) is 6.95. The zero-order chi connectivity index (χ0) is 20.2. The lowest BCUT2D eigenvalue weighted by Crippen LogP contribution is -2.52. The number of benzene rings is 1. The Morgan fingerprint density at radius 1 is 1.17 bits per heavy atom. The lowest BCUT2D eigenvalue weighted by Gasteiger charge is -2.53. The second kappa shape index (κ2) is 6.73. The van der Waals surface area contributed by atoms with Gasteiger partial charge in [0.15, 0.2) is 11.5 Å². The first-order valence-electron chi connectivity index (χ1n) is 11.0. The van der Waals surface area contributed by atoms with Gasteiger partial charge in [-0.25, -0.2) is 0 Å². The number of hydrogen-bond acceptors (Lipinski definition) is 4. The number of pyridine rings is 1. The van der Waals surface area contributed by atoms with Crippen molar-refractivity contribution in [1.29, 1.82) is 0 Å². The highest BCUT2D eigenvalue weighted by atomic mass is 16.5. The fourth-order valence-corrected chi connectivity index (χ4v) is 6.95. The minimum atomic E-state index is -0.677. The molecule has 3 aliphatic carbocycles. The maximum Gasteiger partial charge on any atom is 0.160 e. The summed E-state index contributed by atoms with van der Waals surface area (Å²) in [5.74, 6) is 2.45. The molecule has 5 rings (SSSR count). The number of methoxy groups -OCH3 is 1. The van der Waals surface area contributed by atoms with Gasteiger partial charge >= 0.3 is 0 Å². The number of nitrogens with zero attached hydrogens (tertiary/aromatic N) is 1. The van der Waals surface area contributed by atoms with Gasteiger partial charge in [0.2, 0.25) is 0 Å². The summed E-state index contributed by atoms with van der Waals surface area (Å²) in [4.78, 5) is 4.50. The second-order valence-corrected chi connectivity index (χ2v) is 9.66.